The molecule has 2 heteroatoms. The van der Waals surface area contributed by atoms with Crippen LogP contribution in [-0.2, 0) is 0 Å². The zero-order valence-corrected chi connectivity index (χ0v) is 14.9. The zero-order valence-electron chi connectivity index (χ0n) is 14.9. The van der Waals surface area contributed by atoms with Gasteiger partial charge in [0.05, 0.1) is 6.61 Å². The molecule has 0 heterocycles. The molecule has 0 fully saturated rings. The Kier molecular flexibility index (Phi) is 17.9. The van der Waals surface area contributed by atoms with Gasteiger partial charge in [0.15, 0.2) is 0 Å². The summed E-state index contributed by atoms with van der Waals surface area (Å²) in [5.74, 6) is 0. The van der Waals surface area contributed by atoms with Crippen LogP contribution < -0.4 is 0 Å². The number of hydrogen-bond acceptors (Lipinski definition) is 2. The smallest absolute Gasteiger partial charge is 0.0558 e. The van der Waals surface area contributed by atoms with Gasteiger partial charge < -0.3 is 10.0 Å². The minimum atomic E-state index is 0.311. The van der Waals surface area contributed by atoms with Gasteiger partial charge in [0, 0.05) is 6.54 Å². The predicted molar refractivity (Wildman–Crippen MR) is 94.9 cm³/mol. The Bertz CT molecular complexity index is 184. The summed E-state index contributed by atoms with van der Waals surface area (Å²) in [6.07, 6.45) is 17.8. The molecule has 0 aliphatic rings. The molecule has 0 bridgehead atoms. The van der Waals surface area contributed by atoms with Crippen molar-refractivity contribution in [3.8, 4) is 0 Å². The molecule has 1 N–H and O–H groups in total. The van der Waals surface area contributed by atoms with E-state index in [4.69, 9.17) is 5.11 Å². The molecule has 0 saturated carbocycles. The van der Waals surface area contributed by atoms with Crippen molar-refractivity contribution in [2.75, 3.05) is 26.2 Å². The summed E-state index contributed by atoms with van der Waals surface area (Å²) >= 11 is 0. The van der Waals surface area contributed by atoms with E-state index in [9.17, 15) is 0 Å². The molecule has 128 valence electrons. The highest BCUT2D eigenvalue weighted by molar-refractivity contribution is 4.58. The molecule has 0 aromatic rings. The summed E-state index contributed by atoms with van der Waals surface area (Å²) in [6, 6.07) is 0. The lowest BCUT2D eigenvalue weighted by atomic mass is 10.1. The van der Waals surface area contributed by atoms with Crippen LogP contribution in [0.1, 0.15) is 97.3 Å². The van der Waals surface area contributed by atoms with Gasteiger partial charge in [-0.25, -0.2) is 0 Å². The van der Waals surface area contributed by atoms with Crippen LogP contribution >= 0.6 is 0 Å². The van der Waals surface area contributed by atoms with Gasteiger partial charge in [0.2, 0.25) is 0 Å². The number of rotatable bonds is 17. The fraction of sp³-hybridized carbons (Fsp3) is 1.00. The lowest BCUT2D eigenvalue weighted by Gasteiger charge is -2.21. The maximum Gasteiger partial charge on any atom is 0.0558 e. The van der Waals surface area contributed by atoms with E-state index in [1.54, 1.807) is 0 Å². The van der Waals surface area contributed by atoms with Gasteiger partial charge in [-0.05, 0) is 25.9 Å². The molecule has 21 heavy (non-hydrogen) atoms. The van der Waals surface area contributed by atoms with E-state index in [0.717, 1.165) is 6.54 Å². The van der Waals surface area contributed by atoms with Crippen molar-refractivity contribution in [3.05, 3.63) is 0 Å². The first kappa shape index (κ1) is 20.9. The van der Waals surface area contributed by atoms with Gasteiger partial charge in [0.25, 0.3) is 0 Å². The fourth-order valence-electron chi connectivity index (χ4n) is 2.89. The summed E-state index contributed by atoms with van der Waals surface area (Å²) in [5, 5.41) is 9.16. The first-order chi connectivity index (χ1) is 10.3. The van der Waals surface area contributed by atoms with Crippen molar-refractivity contribution < 1.29 is 5.11 Å². The number of aliphatic hydroxyl groups is 1. The van der Waals surface area contributed by atoms with Gasteiger partial charge in [-0.3, -0.25) is 0 Å². The van der Waals surface area contributed by atoms with Crippen LogP contribution in [0.4, 0.5) is 0 Å². The van der Waals surface area contributed by atoms with Crippen molar-refractivity contribution in [2.24, 2.45) is 0 Å². The first-order valence-electron chi connectivity index (χ1n) is 9.68. The molecule has 0 atom stereocenters. The van der Waals surface area contributed by atoms with Crippen LogP contribution in [0, 0.1) is 0 Å². The number of aliphatic hydroxyl groups excluding tert-OH is 1. The second-order valence-electron chi connectivity index (χ2n) is 6.45. The first-order valence-corrected chi connectivity index (χ1v) is 9.68. The Morgan fingerprint density at radius 2 is 0.905 bits per heavy atom. The highest BCUT2D eigenvalue weighted by atomic mass is 16.3. The van der Waals surface area contributed by atoms with Gasteiger partial charge >= 0.3 is 0 Å². The zero-order chi connectivity index (χ0) is 15.6. The van der Waals surface area contributed by atoms with E-state index in [-0.39, 0.29) is 0 Å². The average Bonchev–Trinajstić information content (AvgIpc) is 2.49. The molecule has 0 aliphatic heterocycles. The van der Waals surface area contributed by atoms with E-state index < -0.39 is 0 Å². The standard InChI is InChI=1S/C19H41NO/c1-3-5-7-9-10-11-13-15-17-20(18-19-21)16-14-12-8-6-4-2/h21H,3-19H2,1-2H3. The predicted octanol–water partition coefficient (Wildman–Crippen LogP) is 5.39. The molecule has 0 unspecified atom stereocenters. The third kappa shape index (κ3) is 16.1. The van der Waals surface area contributed by atoms with E-state index in [0.29, 0.717) is 6.61 Å². The molecule has 2 nitrogen and oxygen atoms in total. The van der Waals surface area contributed by atoms with Crippen LogP contribution in [0.15, 0.2) is 0 Å². The lowest BCUT2D eigenvalue weighted by Crippen LogP contribution is -2.29. The van der Waals surface area contributed by atoms with E-state index in [2.05, 4.69) is 18.7 Å². The van der Waals surface area contributed by atoms with Crippen molar-refractivity contribution in [1.82, 2.24) is 4.90 Å². The molecule has 0 aromatic heterocycles. The van der Waals surface area contributed by atoms with Gasteiger partial charge in [-0.2, -0.15) is 0 Å². The average molecular weight is 300 g/mol. The molecule has 0 radical (unpaired) electrons. The van der Waals surface area contributed by atoms with Crippen LogP contribution in [0.5, 0.6) is 0 Å². The van der Waals surface area contributed by atoms with Crippen molar-refractivity contribution in [1.29, 1.82) is 0 Å². The van der Waals surface area contributed by atoms with Crippen molar-refractivity contribution in [3.63, 3.8) is 0 Å². The second-order valence-corrected chi connectivity index (χ2v) is 6.45. The molecular weight excluding hydrogens is 258 g/mol. The topological polar surface area (TPSA) is 23.5 Å². The van der Waals surface area contributed by atoms with E-state index >= 15 is 0 Å². The third-order valence-corrected chi connectivity index (χ3v) is 4.32. The highest BCUT2D eigenvalue weighted by Crippen LogP contribution is 2.09. The lowest BCUT2D eigenvalue weighted by molar-refractivity contribution is 0.190. The van der Waals surface area contributed by atoms with Crippen molar-refractivity contribution >= 4 is 0 Å². The van der Waals surface area contributed by atoms with Gasteiger partial charge in [0.1, 0.15) is 0 Å². The summed E-state index contributed by atoms with van der Waals surface area (Å²) in [5.41, 5.74) is 0. The largest absolute Gasteiger partial charge is 0.395 e. The Morgan fingerprint density at radius 1 is 0.524 bits per heavy atom. The van der Waals surface area contributed by atoms with E-state index in [1.807, 2.05) is 0 Å². The fourth-order valence-corrected chi connectivity index (χ4v) is 2.89. The number of nitrogens with zero attached hydrogens (tertiary/aromatic N) is 1. The molecule has 0 spiro atoms. The van der Waals surface area contributed by atoms with Crippen molar-refractivity contribution in [2.45, 2.75) is 97.3 Å². The SMILES string of the molecule is CCCCCCCCCCN(CCO)CCCCCCC. The molecule has 0 aromatic carbocycles. The molecule has 0 rings (SSSR count). The minimum Gasteiger partial charge on any atom is -0.395 e. The highest BCUT2D eigenvalue weighted by Gasteiger charge is 2.03. The molecular formula is C19H41NO. The maximum absolute atomic E-state index is 9.16. The van der Waals surface area contributed by atoms with Crippen LogP contribution in [-0.4, -0.2) is 36.2 Å². The third-order valence-electron chi connectivity index (χ3n) is 4.32. The van der Waals surface area contributed by atoms with Gasteiger partial charge in [-0.1, -0.05) is 84.5 Å². The Morgan fingerprint density at radius 3 is 1.29 bits per heavy atom. The Balaban J connectivity index is 3.42. The van der Waals surface area contributed by atoms with Crippen LogP contribution in [0.2, 0.25) is 0 Å². The summed E-state index contributed by atoms with van der Waals surface area (Å²) in [4.78, 5) is 2.46. The quantitative estimate of drug-likeness (QED) is 0.364. The Labute approximate surface area is 134 Å². The number of unbranched alkanes of at least 4 members (excludes halogenated alkanes) is 11. The monoisotopic (exact) mass is 299 g/mol. The molecule has 0 aliphatic carbocycles. The molecule has 0 amide bonds. The second kappa shape index (κ2) is 18.0. The molecule has 0 saturated heterocycles. The minimum absolute atomic E-state index is 0.311. The number of hydrogen-bond donors (Lipinski definition) is 1. The normalized spacial score (nSPS) is 11.4. The Hall–Kier alpha value is -0.0800. The summed E-state index contributed by atoms with van der Waals surface area (Å²) < 4.78 is 0. The van der Waals surface area contributed by atoms with Crippen LogP contribution in [0.25, 0.3) is 0 Å². The van der Waals surface area contributed by atoms with E-state index in [1.165, 1.54) is 96.6 Å². The van der Waals surface area contributed by atoms with Gasteiger partial charge in [-0.15, -0.1) is 0 Å². The van der Waals surface area contributed by atoms with Crippen LogP contribution in [0.3, 0.4) is 0 Å². The summed E-state index contributed by atoms with van der Waals surface area (Å²) in [7, 11) is 0. The summed E-state index contributed by atoms with van der Waals surface area (Å²) in [6.45, 7) is 8.08. The maximum atomic E-state index is 9.16.